The normalized spacial score (nSPS) is 11.1. The van der Waals surface area contributed by atoms with Crippen molar-refractivity contribution in [2.75, 3.05) is 26.7 Å². The number of rotatable bonds is 8. The second kappa shape index (κ2) is 8.12. The molecule has 108 valence electrons. The highest BCUT2D eigenvalue weighted by Crippen LogP contribution is 2.24. The van der Waals surface area contributed by atoms with Crippen LogP contribution in [-0.2, 0) is 6.54 Å². The summed E-state index contributed by atoms with van der Waals surface area (Å²) in [6.45, 7) is 9.83. The number of aromatic nitrogens is 1. The van der Waals surface area contributed by atoms with E-state index in [9.17, 15) is 0 Å². The zero-order valence-corrected chi connectivity index (χ0v) is 12.7. The van der Waals surface area contributed by atoms with Gasteiger partial charge in [-0.1, -0.05) is 13.3 Å². The molecule has 2 N–H and O–H groups in total. The van der Waals surface area contributed by atoms with Crippen LogP contribution >= 0.6 is 0 Å². The van der Waals surface area contributed by atoms with E-state index >= 15 is 0 Å². The Morgan fingerprint density at radius 1 is 1.32 bits per heavy atom. The highest BCUT2D eigenvalue weighted by Gasteiger charge is 2.12. The number of unbranched alkanes of at least 4 members (excludes halogenated alkanes) is 1. The molecule has 1 rings (SSSR count). The van der Waals surface area contributed by atoms with Crippen molar-refractivity contribution in [1.82, 2.24) is 9.88 Å². The van der Waals surface area contributed by atoms with Crippen molar-refractivity contribution in [3.8, 4) is 5.75 Å². The molecule has 0 spiro atoms. The molecule has 0 fully saturated rings. The quantitative estimate of drug-likeness (QED) is 0.783. The Kier molecular flexibility index (Phi) is 6.81. The first-order valence-corrected chi connectivity index (χ1v) is 7.05. The molecule has 0 amide bonds. The lowest BCUT2D eigenvalue weighted by atomic mass is 10.1. The van der Waals surface area contributed by atoms with E-state index in [0.29, 0.717) is 6.54 Å². The third-order valence-electron chi connectivity index (χ3n) is 3.40. The Morgan fingerprint density at radius 3 is 2.63 bits per heavy atom. The van der Waals surface area contributed by atoms with Crippen molar-refractivity contribution in [2.24, 2.45) is 5.73 Å². The van der Waals surface area contributed by atoms with Gasteiger partial charge < -0.3 is 10.5 Å². The van der Waals surface area contributed by atoms with Gasteiger partial charge >= 0.3 is 0 Å². The van der Waals surface area contributed by atoms with E-state index in [0.717, 1.165) is 42.2 Å². The summed E-state index contributed by atoms with van der Waals surface area (Å²) in [5, 5.41) is 0. The van der Waals surface area contributed by atoms with Crippen LogP contribution in [0.15, 0.2) is 6.20 Å². The summed E-state index contributed by atoms with van der Waals surface area (Å²) in [7, 11) is 1.72. The molecule has 0 bridgehead atoms. The van der Waals surface area contributed by atoms with Crippen molar-refractivity contribution < 1.29 is 4.74 Å². The largest absolute Gasteiger partial charge is 0.496 e. The fraction of sp³-hybridized carbons (Fsp3) is 0.667. The standard InChI is InChI=1S/C15H27N3O/c1-5-6-8-18(9-7-16)11-14-13(3)15(19-4)12(2)10-17-14/h10H,5-9,11,16H2,1-4H3. The number of ether oxygens (including phenoxy) is 1. The van der Waals surface area contributed by atoms with Crippen molar-refractivity contribution in [3.05, 3.63) is 23.0 Å². The lowest BCUT2D eigenvalue weighted by molar-refractivity contribution is 0.264. The fourth-order valence-corrected chi connectivity index (χ4v) is 2.28. The molecule has 0 aliphatic heterocycles. The van der Waals surface area contributed by atoms with Crippen LogP contribution < -0.4 is 10.5 Å². The molecule has 19 heavy (non-hydrogen) atoms. The van der Waals surface area contributed by atoms with Gasteiger partial charge in [0.2, 0.25) is 0 Å². The monoisotopic (exact) mass is 265 g/mol. The zero-order chi connectivity index (χ0) is 14.3. The smallest absolute Gasteiger partial charge is 0.128 e. The number of methoxy groups -OCH3 is 1. The average Bonchev–Trinajstić information content (AvgIpc) is 2.40. The highest BCUT2D eigenvalue weighted by molar-refractivity contribution is 5.40. The van der Waals surface area contributed by atoms with Crippen LogP contribution in [0.25, 0.3) is 0 Å². The summed E-state index contributed by atoms with van der Waals surface area (Å²) < 4.78 is 5.46. The van der Waals surface area contributed by atoms with Crippen molar-refractivity contribution in [1.29, 1.82) is 0 Å². The highest BCUT2D eigenvalue weighted by atomic mass is 16.5. The Bertz CT molecular complexity index is 393. The van der Waals surface area contributed by atoms with Crippen molar-refractivity contribution >= 4 is 0 Å². The van der Waals surface area contributed by atoms with E-state index in [2.05, 4.69) is 23.7 Å². The first kappa shape index (κ1) is 15.9. The minimum atomic E-state index is 0.686. The van der Waals surface area contributed by atoms with E-state index in [1.165, 1.54) is 12.8 Å². The predicted molar refractivity (Wildman–Crippen MR) is 79.5 cm³/mol. The number of hydrogen-bond donors (Lipinski definition) is 1. The second-order valence-electron chi connectivity index (χ2n) is 4.96. The Morgan fingerprint density at radius 2 is 2.05 bits per heavy atom. The van der Waals surface area contributed by atoms with E-state index < -0.39 is 0 Å². The van der Waals surface area contributed by atoms with Gasteiger partial charge in [0, 0.05) is 37.0 Å². The van der Waals surface area contributed by atoms with Crippen LogP contribution in [-0.4, -0.2) is 36.6 Å². The maximum Gasteiger partial charge on any atom is 0.128 e. The van der Waals surface area contributed by atoms with Crippen LogP contribution in [0.5, 0.6) is 5.75 Å². The van der Waals surface area contributed by atoms with Crippen molar-refractivity contribution in [2.45, 2.75) is 40.2 Å². The van der Waals surface area contributed by atoms with E-state index in [-0.39, 0.29) is 0 Å². The molecule has 1 aromatic heterocycles. The lowest BCUT2D eigenvalue weighted by Crippen LogP contribution is -2.30. The number of nitrogens with two attached hydrogens (primary N) is 1. The topological polar surface area (TPSA) is 51.4 Å². The van der Waals surface area contributed by atoms with Gasteiger partial charge in [-0.3, -0.25) is 9.88 Å². The molecule has 0 unspecified atom stereocenters. The molecule has 1 heterocycles. The average molecular weight is 265 g/mol. The van der Waals surface area contributed by atoms with E-state index in [1.54, 1.807) is 7.11 Å². The molecule has 0 aliphatic rings. The Hall–Kier alpha value is -1.13. The third kappa shape index (κ3) is 4.48. The summed E-state index contributed by atoms with van der Waals surface area (Å²) in [4.78, 5) is 6.92. The number of nitrogens with zero attached hydrogens (tertiary/aromatic N) is 2. The van der Waals surface area contributed by atoms with Crippen molar-refractivity contribution in [3.63, 3.8) is 0 Å². The van der Waals surface area contributed by atoms with Gasteiger partial charge in [-0.05, 0) is 26.8 Å². The SMILES string of the molecule is CCCCN(CCN)Cc1ncc(C)c(OC)c1C. The fourth-order valence-electron chi connectivity index (χ4n) is 2.28. The molecule has 0 saturated heterocycles. The Labute approximate surface area is 117 Å². The predicted octanol–water partition coefficient (Wildman–Crippen LogP) is 2.27. The van der Waals surface area contributed by atoms with E-state index in [4.69, 9.17) is 10.5 Å². The van der Waals surface area contributed by atoms with Gasteiger partial charge in [-0.2, -0.15) is 0 Å². The lowest BCUT2D eigenvalue weighted by Gasteiger charge is -2.22. The molecule has 0 aromatic carbocycles. The van der Waals surface area contributed by atoms with E-state index in [1.807, 2.05) is 13.1 Å². The summed E-state index contributed by atoms with van der Waals surface area (Å²) >= 11 is 0. The molecule has 1 aromatic rings. The first-order valence-electron chi connectivity index (χ1n) is 7.05. The minimum absolute atomic E-state index is 0.686. The van der Waals surface area contributed by atoms with Gasteiger partial charge in [-0.25, -0.2) is 0 Å². The first-order chi connectivity index (χ1) is 9.13. The molecule has 4 heteroatoms. The molecule has 0 aliphatic carbocycles. The minimum Gasteiger partial charge on any atom is -0.496 e. The number of hydrogen-bond acceptors (Lipinski definition) is 4. The van der Waals surface area contributed by atoms with Crippen LogP contribution in [0.2, 0.25) is 0 Å². The summed E-state index contributed by atoms with van der Waals surface area (Å²) in [6.07, 6.45) is 4.29. The summed E-state index contributed by atoms with van der Waals surface area (Å²) in [6, 6.07) is 0. The van der Waals surface area contributed by atoms with Gasteiger partial charge in [0.1, 0.15) is 5.75 Å². The molecule has 0 atom stereocenters. The van der Waals surface area contributed by atoms with Gasteiger partial charge in [-0.15, -0.1) is 0 Å². The summed E-state index contributed by atoms with van der Waals surface area (Å²) in [5.74, 6) is 0.952. The molecule has 4 nitrogen and oxygen atoms in total. The molecule has 0 saturated carbocycles. The molecular weight excluding hydrogens is 238 g/mol. The van der Waals surface area contributed by atoms with Gasteiger partial charge in [0.05, 0.1) is 12.8 Å². The maximum atomic E-state index is 5.69. The molecular formula is C15H27N3O. The zero-order valence-electron chi connectivity index (χ0n) is 12.7. The Balaban J connectivity index is 2.83. The number of aryl methyl sites for hydroxylation is 1. The summed E-state index contributed by atoms with van der Waals surface area (Å²) in [5.41, 5.74) is 9.00. The third-order valence-corrected chi connectivity index (χ3v) is 3.40. The van der Waals surface area contributed by atoms with Crippen LogP contribution in [0.1, 0.15) is 36.6 Å². The number of pyridine rings is 1. The van der Waals surface area contributed by atoms with Crippen LogP contribution in [0.3, 0.4) is 0 Å². The van der Waals surface area contributed by atoms with Crippen LogP contribution in [0.4, 0.5) is 0 Å². The molecule has 0 radical (unpaired) electrons. The van der Waals surface area contributed by atoms with Crippen LogP contribution in [0, 0.1) is 13.8 Å². The van der Waals surface area contributed by atoms with Gasteiger partial charge in [0.25, 0.3) is 0 Å². The van der Waals surface area contributed by atoms with Gasteiger partial charge in [0.15, 0.2) is 0 Å². The second-order valence-corrected chi connectivity index (χ2v) is 4.96. The maximum absolute atomic E-state index is 5.69.